The number of hydrogen-bond acceptors (Lipinski definition) is 4. The lowest BCUT2D eigenvalue weighted by Crippen LogP contribution is -2.26. The van der Waals surface area contributed by atoms with Gasteiger partial charge in [0.25, 0.3) is 5.91 Å². The van der Waals surface area contributed by atoms with E-state index in [9.17, 15) is 4.79 Å². The van der Waals surface area contributed by atoms with Crippen LogP contribution in [0.1, 0.15) is 12.8 Å². The first kappa shape index (κ1) is 11.8. The highest BCUT2D eigenvalue weighted by atomic mass is 16.2. The number of hydrogen-bond donors (Lipinski definition) is 1. The SMILES string of the molecule is CN1CCCC1=C1C(=O)N(c2ccccc2)N=C1N. The number of nitrogens with zero attached hydrogens (tertiary/aromatic N) is 3. The monoisotopic (exact) mass is 256 g/mol. The van der Waals surface area contributed by atoms with Crippen LogP contribution >= 0.6 is 0 Å². The molecule has 5 heteroatoms. The van der Waals surface area contributed by atoms with Gasteiger partial charge in [-0.05, 0) is 25.0 Å². The molecule has 0 saturated carbocycles. The van der Waals surface area contributed by atoms with Gasteiger partial charge >= 0.3 is 0 Å². The van der Waals surface area contributed by atoms with Crippen molar-refractivity contribution in [1.29, 1.82) is 0 Å². The molecule has 0 unspecified atom stereocenters. The Labute approximate surface area is 112 Å². The summed E-state index contributed by atoms with van der Waals surface area (Å²) in [5.41, 5.74) is 8.25. The molecule has 1 aromatic carbocycles. The third kappa shape index (κ3) is 1.87. The van der Waals surface area contributed by atoms with Crippen LogP contribution in [-0.2, 0) is 4.79 Å². The van der Waals surface area contributed by atoms with Gasteiger partial charge in [0.1, 0.15) is 5.57 Å². The number of nitrogens with two attached hydrogens (primary N) is 1. The number of likely N-dealkylation sites (tertiary alicyclic amines) is 1. The van der Waals surface area contributed by atoms with Crippen molar-refractivity contribution in [3.63, 3.8) is 0 Å². The average molecular weight is 256 g/mol. The zero-order valence-electron chi connectivity index (χ0n) is 10.8. The van der Waals surface area contributed by atoms with Crippen molar-refractivity contribution in [2.75, 3.05) is 18.6 Å². The van der Waals surface area contributed by atoms with Crippen LogP contribution in [0.5, 0.6) is 0 Å². The topological polar surface area (TPSA) is 61.9 Å². The second-order valence-electron chi connectivity index (χ2n) is 4.78. The second kappa shape index (κ2) is 4.42. The molecule has 0 atom stereocenters. The van der Waals surface area contributed by atoms with Gasteiger partial charge in [-0.25, -0.2) is 0 Å². The van der Waals surface area contributed by atoms with Crippen LogP contribution in [0.25, 0.3) is 0 Å². The molecule has 1 fully saturated rings. The van der Waals surface area contributed by atoms with E-state index in [4.69, 9.17) is 5.73 Å². The molecule has 0 aliphatic carbocycles. The Balaban J connectivity index is 2.01. The zero-order chi connectivity index (χ0) is 13.4. The van der Waals surface area contributed by atoms with Crippen LogP contribution in [0.2, 0.25) is 0 Å². The number of allylic oxidation sites excluding steroid dienone is 1. The zero-order valence-corrected chi connectivity index (χ0v) is 10.8. The molecule has 0 spiro atoms. The Morgan fingerprint density at radius 3 is 2.63 bits per heavy atom. The molecule has 0 aromatic heterocycles. The average Bonchev–Trinajstić information content (AvgIpc) is 2.95. The first-order valence-corrected chi connectivity index (χ1v) is 6.36. The van der Waals surface area contributed by atoms with Gasteiger partial charge in [0.2, 0.25) is 0 Å². The van der Waals surface area contributed by atoms with Crippen LogP contribution in [0, 0.1) is 0 Å². The largest absolute Gasteiger partial charge is 0.382 e. The lowest BCUT2D eigenvalue weighted by molar-refractivity contribution is -0.114. The predicted octanol–water partition coefficient (Wildman–Crippen LogP) is 1.29. The number of rotatable bonds is 1. The highest BCUT2D eigenvalue weighted by molar-refractivity contribution is 6.29. The summed E-state index contributed by atoms with van der Waals surface area (Å²) in [7, 11) is 1.99. The number of carbonyl (C=O) groups excluding carboxylic acids is 1. The Bertz CT molecular complexity index is 576. The fraction of sp³-hybridized carbons (Fsp3) is 0.286. The van der Waals surface area contributed by atoms with Gasteiger partial charge in [0, 0.05) is 19.3 Å². The van der Waals surface area contributed by atoms with Crippen molar-refractivity contribution >= 4 is 17.4 Å². The van der Waals surface area contributed by atoms with Gasteiger partial charge in [-0.1, -0.05) is 18.2 Å². The Kier molecular flexibility index (Phi) is 2.74. The van der Waals surface area contributed by atoms with E-state index in [1.807, 2.05) is 37.4 Å². The summed E-state index contributed by atoms with van der Waals surface area (Å²) >= 11 is 0. The summed E-state index contributed by atoms with van der Waals surface area (Å²) in [5, 5.41) is 5.57. The van der Waals surface area contributed by atoms with Gasteiger partial charge in [-0.15, -0.1) is 5.10 Å². The predicted molar refractivity (Wildman–Crippen MR) is 74.4 cm³/mol. The van der Waals surface area contributed by atoms with Gasteiger partial charge in [-0.2, -0.15) is 5.01 Å². The van der Waals surface area contributed by atoms with Crippen molar-refractivity contribution in [1.82, 2.24) is 4.90 Å². The summed E-state index contributed by atoms with van der Waals surface area (Å²) in [5.74, 6) is 0.185. The highest BCUT2D eigenvalue weighted by Crippen LogP contribution is 2.29. The molecule has 1 saturated heterocycles. The number of amidine groups is 1. The first-order chi connectivity index (χ1) is 9.18. The van der Waals surface area contributed by atoms with Crippen molar-refractivity contribution in [3.8, 4) is 0 Å². The minimum Gasteiger partial charge on any atom is -0.382 e. The summed E-state index contributed by atoms with van der Waals surface area (Å²) in [6, 6.07) is 9.35. The van der Waals surface area contributed by atoms with E-state index in [-0.39, 0.29) is 5.91 Å². The fourth-order valence-electron chi connectivity index (χ4n) is 2.56. The molecule has 3 rings (SSSR count). The number of hydrazone groups is 1. The third-order valence-corrected chi connectivity index (χ3v) is 3.53. The van der Waals surface area contributed by atoms with Gasteiger partial charge in [0.15, 0.2) is 5.84 Å². The molecular weight excluding hydrogens is 240 g/mol. The molecule has 0 bridgehead atoms. The maximum absolute atomic E-state index is 12.5. The van der Waals surface area contributed by atoms with E-state index < -0.39 is 0 Å². The summed E-state index contributed by atoms with van der Waals surface area (Å²) < 4.78 is 0. The van der Waals surface area contributed by atoms with Crippen LogP contribution < -0.4 is 10.7 Å². The summed E-state index contributed by atoms with van der Waals surface area (Å²) in [6.45, 7) is 0.963. The normalized spacial score (nSPS) is 23.2. The Morgan fingerprint density at radius 2 is 2.00 bits per heavy atom. The van der Waals surface area contributed by atoms with E-state index >= 15 is 0 Å². The minimum atomic E-state index is -0.132. The van der Waals surface area contributed by atoms with Crippen LogP contribution in [0.3, 0.4) is 0 Å². The molecule has 2 heterocycles. The smallest absolute Gasteiger partial charge is 0.284 e. The van der Waals surface area contributed by atoms with E-state index in [1.54, 1.807) is 0 Å². The van der Waals surface area contributed by atoms with Crippen LogP contribution in [-0.4, -0.2) is 30.2 Å². The number of para-hydroxylation sites is 1. The highest BCUT2D eigenvalue weighted by Gasteiger charge is 2.34. The summed E-state index contributed by atoms with van der Waals surface area (Å²) in [4.78, 5) is 14.6. The third-order valence-electron chi connectivity index (χ3n) is 3.53. The molecule has 2 aliphatic rings. The van der Waals surface area contributed by atoms with E-state index in [0.717, 1.165) is 30.8 Å². The Hall–Kier alpha value is -2.30. The van der Waals surface area contributed by atoms with E-state index in [1.165, 1.54) is 5.01 Å². The van der Waals surface area contributed by atoms with E-state index in [0.29, 0.717) is 11.4 Å². The Morgan fingerprint density at radius 1 is 1.26 bits per heavy atom. The van der Waals surface area contributed by atoms with Crippen LogP contribution in [0.4, 0.5) is 5.69 Å². The first-order valence-electron chi connectivity index (χ1n) is 6.36. The maximum Gasteiger partial charge on any atom is 0.284 e. The molecule has 0 radical (unpaired) electrons. The molecule has 98 valence electrons. The number of benzene rings is 1. The maximum atomic E-state index is 12.5. The molecule has 1 amide bonds. The lowest BCUT2D eigenvalue weighted by atomic mass is 10.1. The molecule has 2 N–H and O–H groups in total. The fourth-order valence-corrected chi connectivity index (χ4v) is 2.56. The van der Waals surface area contributed by atoms with Crippen LogP contribution in [0.15, 0.2) is 46.7 Å². The molecule has 1 aromatic rings. The second-order valence-corrected chi connectivity index (χ2v) is 4.78. The number of anilines is 1. The molecular formula is C14H16N4O. The number of amides is 1. The van der Waals surface area contributed by atoms with Crippen molar-refractivity contribution in [2.24, 2.45) is 10.8 Å². The van der Waals surface area contributed by atoms with Crippen molar-refractivity contribution in [3.05, 3.63) is 41.6 Å². The molecule has 2 aliphatic heterocycles. The quantitative estimate of drug-likeness (QED) is 0.770. The molecule has 19 heavy (non-hydrogen) atoms. The standard InChI is InChI=1S/C14H16N4O/c1-17-9-5-8-11(17)12-13(15)16-18(14(12)19)10-6-3-2-4-7-10/h2-4,6-7H,5,8-9H2,1H3,(H2,15,16). The van der Waals surface area contributed by atoms with Gasteiger partial charge < -0.3 is 10.6 Å². The van der Waals surface area contributed by atoms with Crippen molar-refractivity contribution in [2.45, 2.75) is 12.8 Å². The lowest BCUT2D eigenvalue weighted by Gasteiger charge is -2.16. The van der Waals surface area contributed by atoms with Gasteiger partial charge in [0.05, 0.1) is 5.69 Å². The van der Waals surface area contributed by atoms with E-state index in [2.05, 4.69) is 10.0 Å². The van der Waals surface area contributed by atoms with Crippen molar-refractivity contribution < 1.29 is 4.79 Å². The number of carbonyl (C=O) groups is 1. The van der Waals surface area contributed by atoms with Gasteiger partial charge in [-0.3, -0.25) is 4.79 Å². The molecule has 5 nitrogen and oxygen atoms in total. The summed E-state index contributed by atoms with van der Waals surface area (Å²) in [6.07, 6.45) is 1.94. The minimum absolute atomic E-state index is 0.132.